The average Bonchev–Trinajstić information content (AvgIpc) is 2.60. The van der Waals surface area contributed by atoms with Gasteiger partial charge in [-0.1, -0.05) is 38.1 Å². The maximum Gasteiger partial charge on any atom is 0.261 e. The second-order valence-electron chi connectivity index (χ2n) is 5.81. The van der Waals surface area contributed by atoms with Crippen molar-refractivity contribution in [2.24, 2.45) is 5.92 Å². The lowest BCUT2D eigenvalue weighted by molar-refractivity contribution is 0.0975. The van der Waals surface area contributed by atoms with Gasteiger partial charge in [0.25, 0.3) is 5.91 Å². The van der Waals surface area contributed by atoms with Gasteiger partial charge in [-0.05, 0) is 42.4 Å². The fourth-order valence-corrected chi connectivity index (χ4v) is 2.31. The zero-order valence-corrected chi connectivity index (χ0v) is 15.4. The van der Waals surface area contributed by atoms with Crippen LogP contribution in [-0.4, -0.2) is 24.7 Å². The number of rotatable bonds is 6. The maximum absolute atomic E-state index is 12.4. The number of thiocarbonyl (C=S) groups is 1. The zero-order chi connectivity index (χ0) is 18.2. The largest absolute Gasteiger partial charge is 0.496 e. The van der Waals surface area contributed by atoms with Crippen LogP contribution in [0.2, 0.25) is 0 Å². The van der Waals surface area contributed by atoms with Crippen LogP contribution in [0.1, 0.15) is 24.2 Å². The Morgan fingerprint density at radius 3 is 2.40 bits per heavy atom. The van der Waals surface area contributed by atoms with Crippen LogP contribution < -0.4 is 20.1 Å². The Hall–Kier alpha value is -2.60. The van der Waals surface area contributed by atoms with Crippen molar-refractivity contribution in [1.29, 1.82) is 0 Å². The van der Waals surface area contributed by atoms with Crippen molar-refractivity contribution in [3.05, 3.63) is 54.1 Å². The van der Waals surface area contributed by atoms with Gasteiger partial charge in [-0.2, -0.15) is 0 Å². The van der Waals surface area contributed by atoms with E-state index >= 15 is 0 Å². The highest BCUT2D eigenvalue weighted by molar-refractivity contribution is 7.80. The number of anilines is 1. The Morgan fingerprint density at radius 2 is 1.72 bits per heavy atom. The van der Waals surface area contributed by atoms with Gasteiger partial charge in [0, 0.05) is 0 Å². The van der Waals surface area contributed by atoms with Crippen molar-refractivity contribution in [3.8, 4) is 11.5 Å². The van der Waals surface area contributed by atoms with E-state index in [1.54, 1.807) is 24.3 Å². The van der Waals surface area contributed by atoms with Crippen molar-refractivity contribution < 1.29 is 14.3 Å². The molecule has 2 N–H and O–H groups in total. The number of nitrogens with one attached hydrogen (secondary N) is 2. The molecule has 0 spiro atoms. The Balaban J connectivity index is 2.04. The van der Waals surface area contributed by atoms with E-state index < -0.39 is 0 Å². The van der Waals surface area contributed by atoms with E-state index in [1.165, 1.54) is 7.11 Å². The summed E-state index contributed by atoms with van der Waals surface area (Å²) in [5, 5.41) is 5.85. The van der Waals surface area contributed by atoms with Crippen LogP contribution >= 0.6 is 12.2 Å². The van der Waals surface area contributed by atoms with E-state index in [0.717, 1.165) is 0 Å². The van der Waals surface area contributed by atoms with Crippen LogP contribution in [0.5, 0.6) is 11.5 Å². The number of hydrogen-bond donors (Lipinski definition) is 2. The minimum absolute atomic E-state index is 0.191. The normalized spacial score (nSPS) is 10.2. The molecule has 0 saturated heterocycles. The SMILES string of the molecule is COc1ccccc1C(=O)NC(=S)Nc1ccccc1OCC(C)C. The highest BCUT2D eigenvalue weighted by Gasteiger charge is 2.14. The molecule has 2 rings (SSSR count). The number of carbonyl (C=O) groups is 1. The average molecular weight is 358 g/mol. The number of ether oxygens (including phenoxy) is 2. The lowest BCUT2D eigenvalue weighted by Gasteiger charge is -2.15. The van der Waals surface area contributed by atoms with Crippen LogP contribution in [0.15, 0.2) is 48.5 Å². The third-order valence-electron chi connectivity index (χ3n) is 3.29. The number of benzene rings is 2. The lowest BCUT2D eigenvalue weighted by atomic mass is 10.2. The molecule has 0 radical (unpaired) electrons. The van der Waals surface area contributed by atoms with Gasteiger partial charge >= 0.3 is 0 Å². The molecule has 1 amide bonds. The molecule has 2 aromatic carbocycles. The molecule has 132 valence electrons. The highest BCUT2D eigenvalue weighted by atomic mass is 32.1. The van der Waals surface area contributed by atoms with E-state index in [9.17, 15) is 4.79 Å². The zero-order valence-electron chi connectivity index (χ0n) is 14.5. The van der Waals surface area contributed by atoms with E-state index in [2.05, 4.69) is 24.5 Å². The molecule has 0 unspecified atom stereocenters. The Morgan fingerprint density at radius 1 is 1.08 bits per heavy atom. The Kier molecular flexibility index (Phi) is 6.77. The summed E-state index contributed by atoms with van der Waals surface area (Å²) in [6, 6.07) is 14.4. The molecule has 0 heterocycles. The van der Waals surface area contributed by atoms with Crippen molar-refractivity contribution in [3.63, 3.8) is 0 Å². The first kappa shape index (κ1) is 18.7. The van der Waals surface area contributed by atoms with Gasteiger partial charge in [-0.25, -0.2) is 0 Å². The molecule has 0 bridgehead atoms. The summed E-state index contributed by atoms with van der Waals surface area (Å²) in [4.78, 5) is 12.4. The first-order chi connectivity index (χ1) is 12.0. The standard InChI is InChI=1S/C19H22N2O3S/c1-13(2)12-24-17-11-7-5-9-15(17)20-19(25)21-18(22)14-8-4-6-10-16(14)23-3/h4-11,13H,12H2,1-3H3,(H2,20,21,22,25). The van der Waals surface area contributed by atoms with Gasteiger partial charge in [0.1, 0.15) is 11.5 Å². The third kappa shape index (κ3) is 5.46. The summed E-state index contributed by atoms with van der Waals surface area (Å²) < 4.78 is 11.0. The van der Waals surface area contributed by atoms with Gasteiger partial charge in [0.05, 0.1) is 25.0 Å². The molecule has 0 atom stereocenters. The molecule has 5 nitrogen and oxygen atoms in total. The van der Waals surface area contributed by atoms with E-state index in [0.29, 0.717) is 35.3 Å². The molecular formula is C19H22N2O3S. The first-order valence-corrected chi connectivity index (χ1v) is 8.39. The number of methoxy groups -OCH3 is 1. The molecule has 0 aromatic heterocycles. The predicted molar refractivity (Wildman–Crippen MR) is 103 cm³/mol. The van der Waals surface area contributed by atoms with Gasteiger partial charge in [-0.15, -0.1) is 0 Å². The van der Waals surface area contributed by atoms with Crippen LogP contribution in [0.25, 0.3) is 0 Å². The Labute approximate surface area is 153 Å². The minimum atomic E-state index is -0.337. The summed E-state index contributed by atoms with van der Waals surface area (Å²) in [6.45, 7) is 4.75. The summed E-state index contributed by atoms with van der Waals surface area (Å²) in [7, 11) is 1.52. The second-order valence-corrected chi connectivity index (χ2v) is 6.22. The van der Waals surface area contributed by atoms with Gasteiger partial charge in [-0.3, -0.25) is 10.1 Å². The topological polar surface area (TPSA) is 59.6 Å². The monoisotopic (exact) mass is 358 g/mol. The molecule has 6 heteroatoms. The van der Waals surface area contributed by atoms with Crippen LogP contribution in [0.4, 0.5) is 5.69 Å². The summed E-state index contributed by atoms with van der Waals surface area (Å²) in [5.41, 5.74) is 1.12. The van der Waals surface area contributed by atoms with Gasteiger partial charge in [0.2, 0.25) is 0 Å². The number of carbonyl (C=O) groups excluding carboxylic acids is 1. The number of para-hydroxylation sites is 3. The van der Waals surface area contributed by atoms with E-state index in [4.69, 9.17) is 21.7 Å². The summed E-state index contributed by atoms with van der Waals surface area (Å²) in [6.07, 6.45) is 0. The van der Waals surface area contributed by atoms with Gasteiger partial charge < -0.3 is 14.8 Å². The molecule has 0 fully saturated rings. The van der Waals surface area contributed by atoms with Crippen molar-refractivity contribution in [1.82, 2.24) is 5.32 Å². The van der Waals surface area contributed by atoms with E-state index in [1.807, 2.05) is 24.3 Å². The molecule has 2 aromatic rings. The second kappa shape index (κ2) is 9.03. The first-order valence-electron chi connectivity index (χ1n) is 7.98. The van der Waals surface area contributed by atoms with Crippen LogP contribution in [-0.2, 0) is 0 Å². The number of hydrogen-bond acceptors (Lipinski definition) is 4. The summed E-state index contributed by atoms with van der Waals surface area (Å²) >= 11 is 5.25. The third-order valence-corrected chi connectivity index (χ3v) is 3.49. The fraction of sp³-hybridized carbons (Fsp3) is 0.263. The fourth-order valence-electron chi connectivity index (χ4n) is 2.11. The Bertz CT molecular complexity index is 747. The highest BCUT2D eigenvalue weighted by Crippen LogP contribution is 2.24. The molecule has 0 aliphatic carbocycles. The smallest absolute Gasteiger partial charge is 0.261 e. The van der Waals surface area contributed by atoms with Gasteiger partial charge in [0.15, 0.2) is 5.11 Å². The minimum Gasteiger partial charge on any atom is -0.496 e. The van der Waals surface area contributed by atoms with E-state index in [-0.39, 0.29) is 11.0 Å². The van der Waals surface area contributed by atoms with Crippen LogP contribution in [0, 0.1) is 5.92 Å². The molecule has 25 heavy (non-hydrogen) atoms. The van der Waals surface area contributed by atoms with Crippen molar-refractivity contribution in [2.75, 3.05) is 19.0 Å². The maximum atomic E-state index is 12.4. The molecule has 0 aliphatic heterocycles. The van der Waals surface area contributed by atoms with Crippen molar-refractivity contribution in [2.45, 2.75) is 13.8 Å². The van der Waals surface area contributed by atoms with Crippen LogP contribution in [0.3, 0.4) is 0 Å². The molecule has 0 aliphatic rings. The quantitative estimate of drug-likeness (QED) is 0.768. The summed E-state index contributed by atoms with van der Waals surface area (Å²) in [5.74, 6) is 1.24. The lowest BCUT2D eigenvalue weighted by Crippen LogP contribution is -2.34. The predicted octanol–water partition coefficient (Wildman–Crippen LogP) is 3.86. The molecular weight excluding hydrogens is 336 g/mol. The number of amides is 1. The van der Waals surface area contributed by atoms with Crippen molar-refractivity contribution >= 4 is 28.9 Å². The molecule has 0 saturated carbocycles.